The van der Waals surface area contributed by atoms with Crippen LogP contribution >= 0.6 is 0 Å². The van der Waals surface area contributed by atoms with Crippen molar-refractivity contribution in [2.75, 3.05) is 13.2 Å². The summed E-state index contributed by atoms with van der Waals surface area (Å²) in [4.78, 5) is 0. The van der Waals surface area contributed by atoms with Gasteiger partial charge in [-0.15, -0.1) is 6.42 Å². The van der Waals surface area contributed by atoms with Crippen molar-refractivity contribution in [1.82, 2.24) is 5.32 Å². The van der Waals surface area contributed by atoms with Crippen LogP contribution < -0.4 is 5.32 Å². The fraction of sp³-hybridized carbons (Fsp3) is 0.818. The Labute approximate surface area is 81.0 Å². The average molecular weight is 181 g/mol. The lowest BCUT2D eigenvalue weighted by Crippen LogP contribution is -2.35. The van der Waals surface area contributed by atoms with Crippen LogP contribution in [0.25, 0.3) is 0 Å². The molecule has 1 N–H and O–H groups in total. The fourth-order valence-electron chi connectivity index (χ4n) is 1.74. The normalized spacial score (nSPS) is 29.9. The highest BCUT2D eigenvalue weighted by Gasteiger charge is 2.27. The second-order valence-corrected chi connectivity index (χ2v) is 3.74. The van der Waals surface area contributed by atoms with Crippen LogP contribution in [0.5, 0.6) is 0 Å². The van der Waals surface area contributed by atoms with Crippen molar-refractivity contribution in [3.05, 3.63) is 0 Å². The second kappa shape index (κ2) is 5.26. The molecule has 0 aromatic rings. The zero-order valence-electron chi connectivity index (χ0n) is 8.55. The van der Waals surface area contributed by atoms with Gasteiger partial charge in [0, 0.05) is 5.92 Å². The number of nitrogens with one attached hydrogen (secondary N) is 1. The van der Waals surface area contributed by atoms with Gasteiger partial charge in [-0.1, -0.05) is 12.8 Å². The van der Waals surface area contributed by atoms with E-state index in [1.165, 1.54) is 0 Å². The first-order valence-electron chi connectivity index (χ1n) is 5.09. The summed E-state index contributed by atoms with van der Waals surface area (Å²) >= 11 is 0. The summed E-state index contributed by atoms with van der Waals surface area (Å²) in [6, 6.07) is 0.199. The largest absolute Gasteiger partial charge is 0.378 e. The summed E-state index contributed by atoms with van der Waals surface area (Å²) < 4.78 is 5.49. The molecule has 0 aromatic heterocycles. The Morgan fingerprint density at radius 3 is 2.92 bits per heavy atom. The molecule has 1 fully saturated rings. The lowest BCUT2D eigenvalue weighted by molar-refractivity contribution is 0.118. The quantitative estimate of drug-likeness (QED) is 0.662. The maximum Gasteiger partial charge on any atom is 0.0738 e. The van der Waals surface area contributed by atoms with Crippen molar-refractivity contribution >= 4 is 0 Å². The summed E-state index contributed by atoms with van der Waals surface area (Å²) in [6.07, 6.45) is 8.06. The van der Waals surface area contributed by atoms with Gasteiger partial charge in [-0.3, -0.25) is 0 Å². The highest BCUT2D eigenvalue weighted by atomic mass is 16.5. The molecule has 0 aliphatic carbocycles. The summed E-state index contributed by atoms with van der Waals surface area (Å²) in [7, 11) is 0. The van der Waals surface area contributed by atoms with Crippen LogP contribution in [0.15, 0.2) is 0 Å². The van der Waals surface area contributed by atoms with E-state index in [1.807, 2.05) is 0 Å². The van der Waals surface area contributed by atoms with E-state index in [-0.39, 0.29) is 6.04 Å². The lowest BCUT2D eigenvalue weighted by atomic mass is 9.97. The molecule has 0 aromatic carbocycles. The van der Waals surface area contributed by atoms with Gasteiger partial charge in [-0.2, -0.15) is 0 Å². The van der Waals surface area contributed by atoms with Gasteiger partial charge in [-0.05, 0) is 26.3 Å². The number of hydrogen-bond acceptors (Lipinski definition) is 2. The third kappa shape index (κ3) is 3.02. The monoisotopic (exact) mass is 181 g/mol. The van der Waals surface area contributed by atoms with Crippen LogP contribution in [0.1, 0.15) is 26.7 Å². The zero-order chi connectivity index (χ0) is 9.68. The van der Waals surface area contributed by atoms with Crippen molar-refractivity contribution in [3.8, 4) is 12.3 Å². The second-order valence-electron chi connectivity index (χ2n) is 3.74. The third-order valence-corrected chi connectivity index (χ3v) is 2.49. The minimum atomic E-state index is 0.199. The molecule has 1 rings (SSSR count). The standard InChI is InChI=1S/C11H19NO/c1-4-6-12-11(5-2)10-7-9(3)13-8-10/h2,9-12H,4,6-8H2,1,3H3. The minimum absolute atomic E-state index is 0.199. The minimum Gasteiger partial charge on any atom is -0.378 e. The Bertz CT molecular complexity index is 185. The van der Waals surface area contributed by atoms with Crippen molar-refractivity contribution in [1.29, 1.82) is 0 Å². The summed E-state index contributed by atoms with van der Waals surface area (Å²) in [5.41, 5.74) is 0. The van der Waals surface area contributed by atoms with Gasteiger partial charge in [0.05, 0.1) is 18.8 Å². The summed E-state index contributed by atoms with van der Waals surface area (Å²) in [6.45, 7) is 6.06. The predicted octanol–water partition coefficient (Wildman–Crippen LogP) is 1.41. The lowest BCUT2D eigenvalue weighted by Gasteiger charge is -2.17. The highest BCUT2D eigenvalue weighted by Crippen LogP contribution is 2.21. The molecule has 3 unspecified atom stereocenters. The first kappa shape index (κ1) is 10.6. The number of terminal acetylenes is 1. The van der Waals surface area contributed by atoms with Gasteiger partial charge in [0.25, 0.3) is 0 Å². The molecule has 0 radical (unpaired) electrons. The van der Waals surface area contributed by atoms with Gasteiger partial charge in [0.2, 0.25) is 0 Å². The zero-order valence-corrected chi connectivity index (χ0v) is 8.55. The Balaban J connectivity index is 2.34. The molecule has 3 atom stereocenters. The molecule has 1 aliphatic rings. The van der Waals surface area contributed by atoms with Crippen LogP contribution in [0.3, 0.4) is 0 Å². The van der Waals surface area contributed by atoms with E-state index >= 15 is 0 Å². The molecule has 1 heterocycles. The molecule has 0 bridgehead atoms. The molecular weight excluding hydrogens is 162 g/mol. The van der Waals surface area contributed by atoms with E-state index < -0.39 is 0 Å². The topological polar surface area (TPSA) is 21.3 Å². The van der Waals surface area contributed by atoms with E-state index in [2.05, 4.69) is 25.1 Å². The fourth-order valence-corrected chi connectivity index (χ4v) is 1.74. The molecule has 74 valence electrons. The van der Waals surface area contributed by atoms with Crippen LogP contribution in [0.2, 0.25) is 0 Å². The summed E-state index contributed by atoms with van der Waals surface area (Å²) in [5, 5.41) is 3.37. The van der Waals surface area contributed by atoms with Gasteiger partial charge in [0.1, 0.15) is 0 Å². The molecule has 2 nitrogen and oxygen atoms in total. The number of ether oxygens (including phenoxy) is 1. The SMILES string of the molecule is C#CC(NCCC)C1COC(C)C1. The molecule has 0 amide bonds. The van der Waals surface area contributed by atoms with E-state index in [9.17, 15) is 0 Å². The van der Waals surface area contributed by atoms with Gasteiger partial charge in [0.15, 0.2) is 0 Å². The summed E-state index contributed by atoms with van der Waals surface area (Å²) in [5.74, 6) is 3.31. The van der Waals surface area contributed by atoms with Crippen LogP contribution in [-0.2, 0) is 4.74 Å². The van der Waals surface area contributed by atoms with Crippen LogP contribution in [-0.4, -0.2) is 25.3 Å². The van der Waals surface area contributed by atoms with E-state index in [0.29, 0.717) is 12.0 Å². The van der Waals surface area contributed by atoms with Crippen molar-refractivity contribution in [2.45, 2.75) is 38.8 Å². The number of hydrogen-bond donors (Lipinski definition) is 1. The predicted molar refractivity (Wildman–Crippen MR) is 54.4 cm³/mol. The maximum absolute atomic E-state index is 5.49. The van der Waals surface area contributed by atoms with Crippen LogP contribution in [0.4, 0.5) is 0 Å². The molecule has 13 heavy (non-hydrogen) atoms. The highest BCUT2D eigenvalue weighted by molar-refractivity contribution is 5.03. The van der Waals surface area contributed by atoms with Gasteiger partial charge >= 0.3 is 0 Å². The number of rotatable bonds is 4. The Kier molecular flexibility index (Phi) is 4.27. The van der Waals surface area contributed by atoms with Gasteiger partial charge < -0.3 is 10.1 Å². The Hall–Kier alpha value is -0.520. The average Bonchev–Trinajstić information content (AvgIpc) is 2.54. The van der Waals surface area contributed by atoms with E-state index in [4.69, 9.17) is 11.2 Å². The van der Waals surface area contributed by atoms with Gasteiger partial charge in [-0.25, -0.2) is 0 Å². The van der Waals surface area contributed by atoms with Crippen molar-refractivity contribution in [2.24, 2.45) is 5.92 Å². The molecule has 0 spiro atoms. The third-order valence-electron chi connectivity index (χ3n) is 2.49. The first-order chi connectivity index (χ1) is 6.27. The molecule has 0 saturated carbocycles. The van der Waals surface area contributed by atoms with E-state index in [0.717, 1.165) is 26.0 Å². The Morgan fingerprint density at radius 1 is 1.69 bits per heavy atom. The first-order valence-corrected chi connectivity index (χ1v) is 5.09. The van der Waals surface area contributed by atoms with E-state index in [1.54, 1.807) is 0 Å². The maximum atomic E-state index is 5.49. The molecular formula is C11H19NO. The molecule has 1 aliphatic heterocycles. The van der Waals surface area contributed by atoms with Crippen molar-refractivity contribution < 1.29 is 4.74 Å². The Morgan fingerprint density at radius 2 is 2.46 bits per heavy atom. The molecule has 2 heteroatoms. The van der Waals surface area contributed by atoms with Crippen LogP contribution in [0, 0.1) is 18.3 Å². The molecule has 1 saturated heterocycles. The van der Waals surface area contributed by atoms with Crippen molar-refractivity contribution in [3.63, 3.8) is 0 Å². The smallest absolute Gasteiger partial charge is 0.0738 e.